The van der Waals surface area contributed by atoms with E-state index in [1.807, 2.05) is 30.3 Å². The molecule has 0 amide bonds. The topological polar surface area (TPSA) is 73.1 Å². The summed E-state index contributed by atoms with van der Waals surface area (Å²) in [5.74, 6) is 7.73. The van der Waals surface area contributed by atoms with E-state index >= 15 is 0 Å². The van der Waals surface area contributed by atoms with E-state index < -0.39 is 0 Å². The second-order valence-electron chi connectivity index (χ2n) is 5.97. The van der Waals surface area contributed by atoms with Gasteiger partial charge in [0.2, 0.25) is 0 Å². The van der Waals surface area contributed by atoms with Crippen LogP contribution in [0.15, 0.2) is 30.3 Å². The predicted molar refractivity (Wildman–Crippen MR) is 84.3 cm³/mol. The number of methoxy groups -OCH3 is 1. The number of nitrogens with two attached hydrogens (primary N) is 1. The monoisotopic (exact) mass is 286 g/mol. The molecule has 0 atom stereocenters. The van der Waals surface area contributed by atoms with E-state index in [1.165, 1.54) is 0 Å². The van der Waals surface area contributed by atoms with Gasteiger partial charge in [-0.25, -0.2) is 15.8 Å². The molecule has 1 aromatic heterocycles. The molecule has 0 radical (unpaired) electrons. The van der Waals surface area contributed by atoms with Gasteiger partial charge < -0.3 is 10.2 Å². The first-order chi connectivity index (χ1) is 9.92. The van der Waals surface area contributed by atoms with E-state index in [0.29, 0.717) is 12.2 Å². The highest BCUT2D eigenvalue weighted by Gasteiger charge is 2.18. The molecule has 0 aliphatic rings. The number of aromatic nitrogens is 2. The van der Waals surface area contributed by atoms with Crippen LogP contribution in [0.1, 0.15) is 37.9 Å². The Labute approximate surface area is 125 Å². The molecule has 5 heteroatoms. The van der Waals surface area contributed by atoms with E-state index in [0.717, 1.165) is 22.8 Å². The summed E-state index contributed by atoms with van der Waals surface area (Å²) in [6, 6.07) is 9.79. The quantitative estimate of drug-likeness (QED) is 0.667. The Balaban J connectivity index is 2.29. The van der Waals surface area contributed by atoms with Gasteiger partial charge in [0.25, 0.3) is 0 Å². The van der Waals surface area contributed by atoms with Crippen LogP contribution >= 0.6 is 0 Å². The Bertz CT molecular complexity index is 603. The highest BCUT2D eigenvalue weighted by atomic mass is 16.5. The minimum absolute atomic E-state index is 0.0524. The van der Waals surface area contributed by atoms with E-state index in [1.54, 1.807) is 7.11 Å². The summed E-state index contributed by atoms with van der Waals surface area (Å²) >= 11 is 0. The molecule has 0 aliphatic carbocycles. The molecule has 1 aromatic carbocycles. The fraction of sp³-hybridized carbons (Fsp3) is 0.375. The number of rotatable bonds is 4. The molecule has 0 aliphatic heterocycles. The highest BCUT2D eigenvalue weighted by molar-refractivity contribution is 5.38. The van der Waals surface area contributed by atoms with Crippen molar-refractivity contribution < 1.29 is 4.74 Å². The molecular formula is C16H22N4O. The molecule has 0 bridgehead atoms. The average Bonchev–Trinajstić information content (AvgIpc) is 2.46. The standard InChI is InChI=1S/C16H22N4O/c1-16(2,3)13-10-15(20-17)19-14(18-13)9-11-5-7-12(21-4)8-6-11/h5-8,10H,9,17H2,1-4H3,(H,18,19,20). The first kappa shape index (κ1) is 15.3. The van der Waals surface area contributed by atoms with Gasteiger partial charge in [-0.3, -0.25) is 0 Å². The Morgan fingerprint density at radius 1 is 1.14 bits per heavy atom. The molecule has 0 unspecified atom stereocenters. The third kappa shape index (κ3) is 3.92. The van der Waals surface area contributed by atoms with Crippen molar-refractivity contribution in [2.24, 2.45) is 5.84 Å². The van der Waals surface area contributed by atoms with Gasteiger partial charge in [0.1, 0.15) is 17.4 Å². The van der Waals surface area contributed by atoms with Gasteiger partial charge in [-0.05, 0) is 17.7 Å². The maximum Gasteiger partial charge on any atom is 0.143 e. The predicted octanol–water partition coefficient (Wildman–Crippen LogP) is 2.66. The minimum Gasteiger partial charge on any atom is -0.497 e. The lowest BCUT2D eigenvalue weighted by molar-refractivity contribution is 0.414. The van der Waals surface area contributed by atoms with Gasteiger partial charge in [-0.1, -0.05) is 32.9 Å². The number of anilines is 1. The molecular weight excluding hydrogens is 264 g/mol. The number of nitrogens with zero attached hydrogens (tertiary/aromatic N) is 2. The first-order valence-electron chi connectivity index (χ1n) is 6.90. The Hall–Kier alpha value is -2.14. The lowest BCUT2D eigenvalue weighted by atomic mass is 9.92. The van der Waals surface area contributed by atoms with Crippen LogP contribution in [0.2, 0.25) is 0 Å². The molecule has 3 N–H and O–H groups in total. The number of hydrogen-bond acceptors (Lipinski definition) is 5. The molecule has 0 fully saturated rings. The summed E-state index contributed by atoms with van der Waals surface area (Å²) in [6.07, 6.45) is 0.655. The van der Waals surface area contributed by atoms with Crippen LogP contribution in [-0.2, 0) is 11.8 Å². The SMILES string of the molecule is COc1ccc(Cc2nc(NN)cc(C(C)(C)C)n2)cc1. The summed E-state index contributed by atoms with van der Waals surface area (Å²) < 4.78 is 5.16. The van der Waals surface area contributed by atoms with Crippen LogP contribution in [-0.4, -0.2) is 17.1 Å². The largest absolute Gasteiger partial charge is 0.497 e. The van der Waals surface area contributed by atoms with Crippen LogP contribution in [0.3, 0.4) is 0 Å². The molecule has 5 nitrogen and oxygen atoms in total. The van der Waals surface area contributed by atoms with Crippen LogP contribution < -0.4 is 16.0 Å². The third-order valence-corrected chi connectivity index (χ3v) is 3.21. The number of hydrazine groups is 1. The van der Waals surface area contributed by atoms with Crippen LogP contribution in [0.25, 0.3) is 0 Å². The number of ether oxygens (including phenoxy) is 1. The summed E-state index contributed by atoms with van der Waals surface area (Å²) in [6.45, 7) is 6.35. The summed E-state index contributed by atoms with van der Waals surface area (Å²) in [5.41, 5.74) is 4.66. The lowest BCUT2D eigenvalue weighted by Crippen LogP contribution is -2.18. The number of hydrogen-bond donors (Lipinski definition) is 2. The van der Waals surface area contributed by atoms with E-state index in [9.17, 15) is 0 Å². The van der Waals surface area contributed by atoms with Crippen LogP contribution in [0.5, 0.6) is 5.75 Å². The van der Waals surface area contributed by atoms with E-state index in [2.05, 4.69) is 36.2 Å². The summed E-state index contributed by atoms with van der Waals surface area (Å²) in [7, 11) is 1.66. The molecule has 1 heterocycles. The Kier molecular flexibility index (Phi) is 4.43. The number of nitrogens with one attached hydrogen (secondary N) is 1. The van der Waals surface area contributed by atoms with Gasteiger partial charge >= 0.3 is 0 Å². The second-order valence-corrected chi connectivity index (χ2v) is 5.97. The zero-order chi connectivity index (χ0) is 15.5. The lowest BCUT2D eigenvalue weighted by Gasteiger charge is -2.19. The normalized spacial score (nSPS) is 11.3. The van der Waals surface area contributed by atoms with Crippen molar-refractivity contribution in [2.45, 2.75) is 32.6 Å². The van der Waals surface area contributed by atoms with Gasteiger partial charge in [0, 0.05) is 17.9 Å². The molecule has 0 saturated heterocycles. The van der Waals surface area contributed by atoms with Gasteiger partial charge in [-0.15, -0.1) is 0 Å². The summed E-state index contributed by atoms with van der Waals surface area (Å²) in [5, 5.41) is 0. The van der Waals surface area contributed by atoms with Gasteiger partial charge in [0.15, 0.2) is 0 Å². The Morgan fingerprint density at radius 3 is 2.33 bits per heavy atom. The molecule has 2 aromatic rings. The Morgan fingerprint density at radius 2 is 1.81 bits per heavy atom. The minimum atomic E-state index is -0.0524. The fourth-order valence-corrected chi connectivity index (χ4v) is 1.96. The van der Waals surface area contributed by atoms with Crippen molar-refractivity contribution in [2.75, 3.05) is 12.5 Å². The average molecular weight is 286 g/mol. The van der Waals surface area contributed by atoms with Crippen molar-refractivity contribution in [3.63, 3.8) is 0 Å². The summed E-state index contributed by atoms with van der Waals surface area (Å²) in [4.78, 5) is 9.08. The fourth-order valence-electron chi connectivity index (χ4n) is 1.96. The molecule has 2 rings (SSSR count). The van der Waals surface area contributed by atoms with E-state index in [-0.39, 0.29) is 5.41 Å². The van der Waals surface area contributed by atoms with Crippen LogP contribution in [0.4, 0.5) is 5.82 Å². The van der Waals surface area contributed by atoms with Crippen molar-refractivity contribution in [3.05, 3.63) is 47.4 Å². The maximum absolute atomic E-state index is 5.51. The molecule has 21 heavy (non-hydrogen) atoms. The van der Waals surface area contributed by atoms with Gasteiger partial charge in [0.05, 0.1) is 12.8 Å². The molecule has 0 spiro atoms. The maximum atomic E-state index is 5.51. The van der Waals surface area contributed by atoms with Gasteiger partial charge in [-0.2, -0.15) is 0 Å². The highest BCUT2D eigenvalue weighted by Crippen LogP contribution is 2.23. The number of nitrogen functional groups attached to an aromatic ring is 1. The smallest absolute Gasteiger partial charge is 0.143 e. The second kappa shape index (κ2) is 6.10. The zero-order valence-electron chi connectivity index (χ0n) is 13.0. The van der Waals surface area contributed by atoms with E-state index in [4.69, 9.17) is 10.6 Å². The van der Waals surface area contributed by atoms with Crippen molar-refractivity contribution in [1.29, 1.82) is 0 Å². The molecule has 112 valence electrons. The van der Waals surface area contributed by atoms with Crippen LogP contribution in [0, 0.1) is 0 Å². The molecule has 0 saturated carbocycles. The first-order valence-corrected chi connectivity index (χ1v) is 6.90. The van der Waals surface area contributed by atoms with Crippen molar-refractivity contribution in [3.8, 4) is 5.75 Å². The van der Waals surface area contributed by atoms with Crippen molar-refractivity contribution in [1.82, 2.24) is 9.97 Å². The van der Waals surface area contributed by atoms with Crippen molar-refractivity contribution >= 4 is 5.82 Å². The zero-order valence-corrected chi connectivity index (χ0v) is 13.0. The third-order valence-electron chi connectivity index (χ3n) is 3.21. The number of benzene rings is 1.